The molecule has 3 aliphatic rings. The van der Waals surface area contributed by atoms with E-state index < -0.39 is 5.97 Å². The molecule has 5 atom stereocenters. The number of nitrogens with one attached hydrogen (secondary N) is 1. The maximum absolute atomic E-state index is 11.2. The molecule has 2 N–H and O–H groups in total. The average molecular weight is 379 g/mol. The SMILES string of the molecule is CC(C)C.CC1CCC[NH+](C2=NC3CC(C=O)CCC3N=C2CC(=O)O)C1. The molecule has 152 valence electrons. The quantitative estimate of drug-likeness (QED) is 0.737. The molecule has 2 aliphatic heterocycles. The minimum atomic E-state index is -0.846. The molecule has 5 unspecified atom stereocenters. The summed E-state index contributed by atoms with van der Waals surface area (Å²) in [4.78, 5) is 33.3. The van der Waals surface area contributed by atoms with Crippen LogP contribution in [0.5, 0.6) is 0 Å². The molecule has 0 aromatic carbocycles. The Bertz CT molecular complexity index is 582. The van der Waals surface area contributed by atoms with Crippen molar-refractivity contribution in [3.05, 3.63) is 0 Å². The van der Waals surface area contributed by atoms with Gasteiger partial charge in [-0.3, -0.25) is 14.7 Å². The van der Waals surface area contributed by atoms with Gasteiger partial charge in [-0.2, -0.15) is 0 Å². The van der Waals surface area contributed by atoms with Crippen LogP contribution in [-0.2, 0) is 9.59 Å². The third kappa shape index (κ3) is 6.52. The van der Waals surface area contributed by atoms with E-state index in [0.29, 0.717) is 11.6 Å². The summed E-state index contributed by atoms with van der Waals surface area (Å²) in [6.45, 7) is 10.7. The number of amidine groups is 1. The van der Waals surface area contributed by atoms with Crippen molar-refractivity contribution in [3.8, 4) is 0 Å². The highest BCUT2D eigenvalue weighted by atomic mass is 16.4. The Balaban J connectivity index is 0.000000596. The van der Waals surface area contributed by atoms with Crippen molar-refractivity contribution >= 4 is 23.8 Å². The van der Waals surface area contributed by atoms with Crippen LogP contribution in [0.2, 0.25) is 0 Å². The Hall–Kier alpha value is -1.56. The fraction of sp³-hybridized carbons (Fsp3) is 0.810. The van der Waals surface area contributed by atoms with Gasteiger partial charge in [-0.15, -0.1) is 0 Å². The van der Waals surface area contributed by atoms with Gasteiger partial charge in [0, 0.05) is 11.8 Å². The number of quaternary nitrogens is 1. The van der Waals surface area contributed by atoms with Gasteiger partial charge < -0.3 is 9.90 Å². The molecule has 0 radical (unpaired) electrons. The van der Waals surface area contributed by atoms with E-state index in [0.717, 1.165) is 56.8 Å². The molecular weight excluding hydrogens is 342 g/mol. The van der Waals surface area contributed by atoms with Crippen molar-refractivity contribution in [2.45, 2.75) is 78.3 Å². The third-order valence-corrected chi connectivity index (χ3v) is 5.33. The van der Waals surface area contributed by atoms with Gasteiger partial charge in [-0.25, -0.2) is 4.99 Å². The molecular formula is C21H36N3O3+. The predicted octanol–water partition coefficient (Wildman–Crippen LogP) is 2.03. The summed E-state index contributed by atoms with van der Waals surface area (Å²) in [6, 6.07) is 0.113. The molecule has 0 aromatic rings. The standard InChI is InChI=1S/C17H25N3O3.C4H10/c1-11-3-2-6-20(9-11)17-15(8-16(22)23)18-13-5-4-12(10-21)7-14(13)19-17;1-4(2)3/h10-14H,2-9H2,1H3,(H,22,23);4H,1-3H3/p+1. The molecule has 0 amide bonds. The van der Waals surface area contributed by atoms with E-state index in [4.69, 9.17) is 9.98 Å². The van der Waals surface area contributed by atoms with Crippen LogP contribution in [0.15, 0.2) is 9.98 Å². The van der Waals surface area contributed by atoms with Crippen LogP contribution >= 0.6 is 0 Å². The summed E-state index contributed by atoms with van der Waals surface area (Å²) < 4.78 is 0. The summed E-state index contributed by atoms with van der Waals surface area (Å²) in [6.07, 6.45) is 5.79. The summed E-state index contributed by atoms with van der Waals surface area (Å²) in [5, 5.41) is 9.22. The Labute approximate surface area is 163 Å². The number of carboxylic acid groups (broad SMARTS) is 1. The zero-order valence-electron chi connectivity index (χ0n) is 17.3. The number of rotatable bonds is 3. The van der Waals surface area contributed by atoms with E-state index in [1.165, 1.54) is 11.3 Å². The molecule has 0 aromatic heterocycles. The van der Waals surface area contributed by atoms with E-state index >= 15 is 0 Å². The largest absolute Gasteiger partial charge is 0.481 e. The number of fused-ring (bicyclic) bond motifs is 1. The molecule has 1 saturated heterocycles. The first-order valence-corrected chi connectivity index (χ1v) is 10.5. The van der Waals surface area contributed by atoms with E-state index in [9.17, 15) is 14.7 Å². The lowest BCUT2D eigenvalue weighted by Gasteiger charge is -2.36. The molecule has 0 bridgehead atoms. The maximum Gasteiger partial charge on any atom is 0.309 e. The fourth-order valence-electron chi connectivity index (χ4n) is 4.15. The first kappa shape index (κ1) is 21.7. The number of hydrogen-bond acceptors (Lipinski definition) is 4. The summed E-state index contributed by atoms with van der Waals surface area (Å²) >= 11 is 0. The van der Waals surface area contributed by atoms with Crippen LogP contribution in [-0.4, -0.2) is 54.1 Å². The third-order valence-electron chi connectivity index (χ3n) is 5.33. The lowest BCUT2D eigenvalue weighted by atomic mass is 9.82. The minimum absolute atomic E-state index is 0.0446. The summed E-state index contributed by atoms with van der Waals surface area (Å²) in [5.41, 5.74) is 0.660. The fourth-order valence-corrected chi connectivity index (χ4v) is 4.15. The van der Waals surface area contributed by atoms with Crippen LogP contribution in [0.4, 0.5) is 0 Å². The normalized spacial score (nSPS) is 33.1. The van der Waals surface area contributed by atoms with Gasteiger partial charge in [-0.1, -0.05) is 27.7 Å². The van der Waals surface area contributed by atoms with Gasteiger partial charge in [0.25, 0.3) is 0 Å². The van der Waals surface area contributed by atoms with Crippen LogP contribution in [0.1, 0.15) is 66.2 Å². The Morgan fingerprint density at radius 3 is 2.52 bits per heavy atom. The van der Waals surface area contributed by atoms with Crippen molar-refractivity contribution in [2.75, 3.05) is 13.1 Å². The van der Waals surface area contributed by atoms with Crippen molar-refractivity contribution in [2.24, 2.45) is 27.7 Å². The van der Waals surface area contributed by atoms with Crippen molar-refractivity contribution < 1.29 is 19.6 Å². The number of nitrogens with zero attached hydrogens (tertiary/aromatic N) is 2. The Morgan fingerprint density at radius 2 is 1.93 bits per heavy atom. The first-order valence-electron chi connectivity index (χ1n) is 10.5. The summed E-state index contributed by atoms with van der Waals surface area (Å²) in [7, 11) is 0. The molecule has 2 heterocycles. The van der Waals surface area contributed by atoms with E-state index in [1.54, 1.807) is 0 Å². The van der Waals surface area contributed by atoms with Crippen LogP contribution in [0.25, 0.3) is 0 Å². The van der Waals surface area contributed by atoms with Crippen LogP contribution in [0.3, 0.4) is 0 Å². The lowest BCUT2D eigenvalue weighted by molar-refractivity contribution is -0.814. The first-order chi connectivity index (χ1) is 12.8. The number of aldehydes is 1. The molecule has 27 heavy (non-hydrogen) atoms. The number of piperidine rings is 1. The van der Waals surface area contributed by atoms with Gasteiger partial charge in [0.1, 0.15) is 12.0 Å². The van der Waals surface area contributed by atoms with E-state index in [1.807, 2.05) is 0 Å². The molecule has 6 heteroatoms. The highest BCUT2D eigenvalue weighted by molar-refractivity contribution is 6.41. The number of hydrogen-bond donors (Lipinski definition) is 2. The number of aliphatic imine (C=N–C) groups is 2. The number of aliphatic carboxylic acids is 1. The Kier molecular flexibility index (Phi) is 8.14. The van der Waals surface area contributed by atoms with Crippen LogP contribution in [0, 0.1) is 17.8 Å². The predicted molar refractivity (Wildman–Crippen MR) is 108 cm³/mol. The smallest absolute Gasteiger partial charge is 0.309 e. The molecule has 3 rings (SSSR count). The van der Waals surface area contributed by atoms with Gasteiger partial charge in [0.2, 0.25) is 5.84 Å². The molecule has 6 nitrogen and oxygen atoms in total. The van der Waals surface area contributed by atoms with E-state index in [-0.39, 0.29) is 24.4 Å². The zero-order valence-corrected chi connectivity index (χ0v) is 17.3. The molecule has 2 fully saturated rings. The zero-order chi connectivity index (χ0) is 20.0. The number of carbonyl (C=O) groups excluding carboxylic acids is 1. The Morgan fingerprint density at radius 1 is 1.22 bits per heavy atom. The molecule has 0 spiro atoms. The van der Waals surface area contributed by atoms with Gasteiger partial charge >= 0.3 is 5.97 Å². The second kappa shape index (κ2) is 10.1. The van der Waals surface area contributed by atoms with Gasteiger partial charge in [0.05, 0.1) is 31.6 Å². The highest BCUT2D eigenvalue weighted by Gasteiger charge is 2.38. The number of likely N-dealkylation sites (tertiary alicyclic amines) is 1. The minimum Gasteiger partial charge on any atom is -0.481 e. The monoisotopic (exact) mass is 378 g/mol. The van der Waals surface area contributed by atoms with Gasteiger partial charge in [-0.05, 0) is 38.0 Å². The van der Waals surface area contributed by atoms with Crippen LogP contribution < -0.4 is 4.90 Å². The van der Waals surface area contributed by atoms with E-state index in [2.05, 4.69) is 27.7 Å². The summed E-state index contributed by atoms with van der Waals surface area (Å²) in [5.74, 6) is 1.54. The van der Waals surface area contributed by atoms with Crippen molar-refractivity contribution in [1.29, 1.82) is 0 Å². The second-order valence-electron chi connectivity index (χ2n) is 9.01. The van der Waals surface area contributed by atoms with Crippen molar-refractivity contribution in [3.63, 3.8) is 0 Å². The maximum atomic E-state index is 11.2. The number of carbonyl (C=O) groups is 2. The van der Waals surface area contributed by atoms with Gasteiger partial charge in [0.15, 0.2) is 0 Å². The molecule has 1 aliphatic carbocycles. The lowest BCUT2D eigenvalue weighted by Crippen LogP contribution is -3.17. The molecule has 1 saturated carbocycles. The topological polar surface area (TPSA) is 83.5 Å². The highest BCUT2D eigenvalue weighted by Crippen LogP contribution is 2.30. The average Bonchev–Trinajstić information content (AvgIpc) is 2.59. The second-order valence-corrected chi connectivity index (χ2v) is 9.01. The number of carboxylic acids is 1. The van der Waals surface area contributed by atoms with Crippen molar-refractivity contribution in [1.82, 2.24) is 0 Å².